The lowest BCUT2D eigenvalue weighted by atomic mass is 10.2. The topological polar surface area (TPSA) is 93.3 Å². The number of H-pyrrole nitrogens is 1. The van der Waals surface area contributed by atoms with Crippen molar-refractivity contribution in [1.82, 2.24) is 15.3 Å². The standard InChI is InChI=1S/C17H23N3O4S/c1-10-11(2)25-17-15(10)16(22)19-13(20-17)5-6-18-14(21)9-23-8-12-4-3-7-24-12/h12H,3-9H2,1-2H3,(H,18,21)(H,19,20,22)/t12-/m0/s1. The zero-order valence-corrected chi connectivity index (χ0v) is 15.3. The number of hydrogen-bond acceptors (Lipinski definition) is 6. The number of thiophene rings is 1. The number of fused-ring (bicyclic) bond motifs is 1. The minimum absolute atomic E-state index is 0.0200. The van der Waals surface area contributed by atoms with Gasteiger partial charge in [-0.1, -0.05) is 0 Å². The highest BCUT2D eigenvalue weighted by Gasteiger charge is 2.16. The molecule has 25 heavy (non-hydrogen) atoms. The number of carbonyl (C=O) groups is 1. The van der Waals surface area contributed by atoms with Crippen LogP contribution < -0.4 is 10.9 Å². The molecule has 2 N–H and O–H groups in total. The zero-order chi connectivity index (χ0) is 17.8. The van der Waals surface area contributed by atoms with E-state index in [4.69, 9.17) is 9.47 Å². The summed E-state index contributed by atoms with van der Waals surface area (Å²) < 4.78 is 10.8. The lowest BCUT2D eigenvalue weighted by molar-refractivity contribution is -0.126. The van der Waals surface area contributed by atoms with Crippen LogP contribution in [0, 0.1) is 13.8 Å². The van der Waals surface area contributed by atoms with Gasteiger partial charge in [-0.3, -0.25) is 9.59 Å². The molecule has 136 valence electrons. The van der Waals surface area contributed by atoms with Crippen molar-refractivity contribution >= 4 is 27.5 Å². The lowest BCUT2D eigenvalue weighted by Gasteiger charge is -2.10. The Morgan fingerprint density at radius 3 is 3.08 bits per heavy atom. The van der Waals surface area contributed by atoms with Crippen molar-refractivity contribution in [3.63, 3.8) is 0 Å². The molecular formula is C17H23N3O4S. The quantitative estimate of drug-likeness (QED) is 0.775. The number of nitrogens with zero attached hydrogens (tertiary/aromatic N) is 1. The molecule has 1 aliphatic rings. The molecule has 1 aliphatic heterocycles. The summed E-state index contributed by atoms with van der Waals surface area (Å²) in [4.78, 5) is 33.1. The first-order valence-electron chi connectivity index (χ1n) is 8.49. The number of aromatic amines is 1. The van der Waals surface area contributed by atoms with Crippen LogP contribution in [0.5, 0.6) is 0 Å². The van der Waals surface area contributed by atoms with Gasteiger partial charge in [0.25, 0.3) is 5.56 Å². The Kier molecular flexibility index (Phi) is 5.82. The summed E-state index contributed by atoms with van der Waals surface area (Å²) in [6.45, 7) is 5.57. The minimum Gasteiger partial charge on any atom is -0.376 e. The Labute approximate surface area is 149 Å². The fourth-order valence-electron chi connectivity index (χ4n) is 2.85. The van der Waals surface area contributed by atoms with E-state index in [1.807, 2.05) is 13.8 Å². The fraction of sp³-hybridized carbons (Fsp3) is 0.588. The molecule has 1 amide bonds. The Bertz CT molecular complexity index is 808. The van der Waals surface area contributed by atoms with E-state index >= 15 is 0 Å². The van der Waals surface area contributed by atoms with Gasteiger partial charge >= 0.3 is 0 Å². The highest BCUT2D eigenvalue weighted by Crippen LogP contribution is 2.25. The second kappa shape index (κ2) is 8.07. The molecule has 0 aliphatic carbocycles. The Hall–Kier alpha value is -1.77. The molecule has 0 saturated carbocycles. The average molecular weight is 365 g/mol. The SMILES string of the molecule is Cc1sc2nc(CCNC(=O)COC[C@@H]3CCCO3)[nH]c(=O)c2c1C. The van der Waals surface area contributed by atoms with Crippen LogP contribution in [-0.4, -0.2) is 48.3 Å². The molecule has 1 saturated heterocycles. The first kappa shape index (κ1) is 18.0. The van der Waals surface area contributed by atoms with Crippen molar-refractivity contribution in [2.45, 2.75) is 39.2 Å². The van der Waals surface area contributed by atoms with Crippen molar-refractivity contribution in [1.29, 1.82) is 0 Å². The number of rotatable bonds is 7. The number of ether oxygens (including phenoxy) is 2. The number of amides is 1. The van der Waals surface area contributed by atoms with Crippen molar-refractivity contribution in [3.05, 3.63) is 26.6 Å². The molecule has 0 spiro atoms. The van der Waals surface area contributed by atoms with E-state index in [0.717, 1.165) is 34.7 Å². The Morgan fingerprint density at radius 2 is 2.32 bits per heavy atom. The molecule has 2 aromatic heterocycles. The summed E-state index contributed by atoms with van der Waals surface area (Å²) in [5.41, 5.74) is 0.866. The molecule has 1 atom stereocenters. The minimum atomic E-state index is -0.177. The highest BCUT2D eigenvalue weighted by atomic mass is 32.1. The highest BCUT2D eigenvalue weighted by molar-refractivity contribution is 7.18. The van der Waals surface area contributed by atoms with E-state index in [1.165, 1.54) is 11.3 Å². The van der Waals surface area contributed by atoms with Crippen LogP contribution in [0.4, 0.5) is 0 Å². The molecule has 0 aromatic carbocycles. The molecule has 0 radical (unpaired) electrons. The second-order valence-corrected chi connectivity index (χ2v) is 7.43. The average Bonchev–Trinajstić information content (AvgIpc) is 3.16. The number of aryl methyl sites for hydroxylation is 2. The third-order valence-corrected chi connectivity index (χ3v) is 5.43. The van der Waals surface area contributed by atoms with Crippen LogP contribution in [0.1, 0.15) is 29.1 Å². The molecule has 0 bridgehead atoms. The van der Waals surface area contributed by atoms with Crippen molar-refractivity contribution in [2.75, 3.05) is 26.4 Å². The van der Waals surface area contributed by atoms with Crippen LogP contribution in [-0.2, 0) is 20.7 Å². The van der Waals surface area contributed by atoms with Gasteiger partial charge in [0.1, 0.15) is 17.3 Å². The van der Waals surface area contributed by atoms with E-state index in [9.17, 15) is 9.59 Å². The van der Waals surface area contributed by atoms with Crippen LogP contribution in [0.15, 0.2) is 4.79 Å². The first-order valence-corrected chi connectivity index (χ1v) is 9.31. The third-order valence-electron chi connectivity index (χ3n) is 4.33. The normalized spacial score (nSPS) is 17.3. The predicted molar refractivity (Wildman–Crippen MR) is 96.2 cm³/mol. The van der Waals surface area contributed by atoms with Gasteiger partial charge < -0.3 is 19.8 Å². The summed E-state index contributed by atoms with van der Waals surface area (Å²) in [6.07, 6.45) is 2.63. The van der Waals surface area contributed by atoms with Gasteiger partial charge in [-0.2, -0.15) is 0 Å². The molecular weight excluding hydrogens is 342 g/mol. The lowest BCUT2D eigenvalue weighted by Crippen LogP contribution is -2.31. The fourth-order valence-corrected chi connectivity index (χ4v) is 3.90. The van der Waals surface area contributed by atoms with E-state index in [1.54, 1.807) is 0 Å². The van der Waals surface area contributed by atoms with Gasteiger partial charge in [0.15, 0.2) is 0 Å². The van der Waals surface area contributed by atoms with Crippen molar-refractivity contribution in [3.8, 4) is 0 Å². The number of nitrogens with one attached hydrogen (secondary N) is 2. The molecule has 8 heteroatoms. The molecule has 0 unspecified atom stereocenters. The molecule has 3 rings (SSSR count). The molecule has 2 aromatic rings. The van der Waals surface area contributed by atoms with Gasteiger partial charge in [0, 0.05) is 24.4 Å². The maximum absolute atomic E-state index is 12.2. The van der Waals surface area contributed by atoms with E-state index in [-0.39, 0.29) is 24.2 Å². The molecule has 3 heterocycles. The maximum Gasteiger partial charge on any atom is 0.259 e. The monoisotopic (exact) mass is 365 g/mol. The molecule has 1 fully saturated rings. The largest absolute Gasteiger partial charge is 0.376 e. The zero-order valence-electron chi connectivity index (χ0n) is 14.5. The number of carbonyl (C=O) groups excluding carboxylic acids is 1. The van der Waals surface area contributed by atoms with Crippen LogP contribution in [0.25, 0.3) is 10.2 Å². The number of hydrogen-bond donors (Lipinski definition) is 2. The van der Waals surface area contributed by atoms with Gasteiger partial charge in [0.05, 0.1) is 18.1 Å². The van der Waals surface area contributed by atoms with E-state index < -0.39 is 0 Å². The van der Waals surface area contributed by atoms with E-state index in [0.29, 0.717) is 30.8 Å². The Balaban J connectivity index is 1.46. The Morgan fingerprint density at radius 1 is 1.48 bits per heavy atom. The first-order chi connectivity index (χ1) is 12.0. The summed E-state index contributed by atoms with van der Waals surface area (Å²) in [5, 5.41) is 3.44. The predicted octanol–water partition coefficient (Wildman–Crippen LogP) is 1.46. The van der Waals surface area contributed by atoms with Gasteiger partial charge in [-0.05, 0) is 32.3 Å². The third kappa shape index (κ3) is 4.45. The van der Waals surface area contributed by atoms with Gasteiger partial charge in [-0.25, -0.2) is 4.98 Å². The summed E-state index contributed by atoms with van der Waals surface area (Å²) in [7, 11) is 0. The second-order valence-electron chi connectivity index (χ2n) is 6.23. The van der Waals surface area contributed by atoms with Crippen molar-refractivity contribution < 1.29 is 14.3 Å². The summed E-state index contributed by atoms with van der Waals surface area (Å²) in [5.74, 6) is 0.406. The summed E-state index contributed by atoms with van der Waals surface area (Å²) >= 11 is 1.52. The van der Waals surface area contributed by atoms with Crippen LogP contribution in [0.2, 0.25) is 0 Å². The van der Waals surface area contributed by atoms with Crippen LogP contribution >= 0.6 is 11.3 Å². The van der Waals surface area contributed by atoms with Crippen LogP contribution in [0.3, 0.4) is 0 Å². The summed E-state index contributed by atoms with van der Waals surface area (Å²) in [6, 6.07) is 0. The van der Waals surface area contributed by atoms with Gasteiger partial charge in [-0.15, -0.1) is 11.3 Å². The molecule has 7 nitrogen and oxygen atoms in total. The maximum atomic E-state index is 12.2. The van der Waals surface area contributed by atoms with Gasteiger partial charge in [0.2, 0.25) is 5.91 Å². The van der Waals surface area contributed by atoms with Crippen molar-refractivity contribution in [2.24, 2.45) is 0 Å². The van der Waals surface area contributed by atoms with E-state index in [2.05, 4.69) is 15.3 Å². The number of aromatic nitrogens is 2. The smallest absolute Gasteiger partial charge is 0.259 e.